The standard InChI is InChI=1S/C7H11NO4/c1-5(9)8-2-7(6(10)11)3-12-4-7/h2-4H2,1H3,(H,8,9)(H,10,11). The molecule has 1 amide bonds. The molecule has 1 fully saturated rings. The number of ether oxygens (including phenoxy) is 1. The third-order valence-electron chi connectivity index (χ3n) is 1.89. The van der Waals surface area contributed by atoms with Crippen molar-refractivity contribution in [2.45, 2.75) is 6.92 Å². The molecule has 5 heteroatoms. The van der Waals surface area contributed by atoms with E-state index in [0.29, 0.717) is 0 Å². The molecule has 1 rings (SSSR count). The molecule has 1 aliphatic heterocycles. The van der Waals surface area contributed by atoms with Crippen molar-refractivity contribution in [3.63, 3.8) is 0 Å². The second-order valence-electron chi connectivity index (χ2n) is 2.99. The Labute approximate surface area is 69.7 Å². The quantitative estimate of drug-likeness (QED) is 0.587. The van der Waals surface area contributed by atoms with Gasteiger partial charge >= 0.3 is 5.97 Å². The first kappa shape index (κ1) is 8.99. The number of amides is 1. The predicted octanol–water partition coefficient (Wildman–Crippen LogP) is -0.776. The number of carboxylic acids is 1. The zero-order valence-corrected chi connectivity index (χ0v) is 6.79. The van der Waals surface area contributed by atoms with Crippen LogP contribution in [0.15, 0.2) is 0 Å². The summed E-state index contributed by atoms with van der Waals surface area (Å²) >= 11 is 0. The van der Waals surface area contributed by atoms with Crippen molar-refractivity contribution in [2.75, 3.05) is 19.8 Å². The van der Waals surface area contributed by atoms with E-state index in [2.05, 4.69) is 5.32 Å². The van der Waals surface area contributed by atoms with Crippen LogP contribution in [0.4, 0.5) is 0 Å². The van der Waals surface area contributed by atoms with E-state index in [9.17, 15) is 9.59 Å². The highest BCUT2D eigenvalue weighted by atomic mass is 16.5. The minimum absolute atomic E-state index is 0.150. The molecule has 0 spiro atoms. The molecule has 0 unspecified atom stereocenters. The van der Waals surface area contributed by atoms with Crippen molar-refractivity contribution in [2.24, 2.45) is 5.41 Å². The molecule has 68 valence electrons. The van der Waals surface area contributed by atoms with Crippen LogP contribution in [0.1, 0.15) is 6.92 Å². The lowest BCUT2D eigenvalue weighted by Crippen LogP contribution is -2.55. The Morgan fingerprint density at radius 2 is 2.17 bits per heavy atom. The van der Waals surface area contributed by atoms with E-state index >= 15 is 0 Å². The Balaban J connectivity index is 2.45. The third kappa shape index (κ3) is 1.55. The Kier molecular flexibility index (Phi) is 2.32. The van der Waals surface area contributed by atoms with E-state index in [0.717, 1.165) is 0 Å². The summed E-state index contributed by atoms with van der Waals surface area (Å²) in [5.41, 5.74) is -0.883. The van der Waals surface area contributed by atoms with E-state index in [1.54, 1.807) is 0 Å². The van der Waals surface area contributed by atoms with Crippen LogP contribution in [0.5, 0.6) is 0 Å². The summed E-state index contributed by atoms with van der Waals surface area (Å²) in [5, 5.41) is 11.2. The predicted molar refractivity (Wildman–Crippen MR) is 39.6 cm³/mol. The van der Waals surface area contributed by atoms with Gasteiger partial charge in [0, 0.05) is 13.5 Å². The van der Waals surface area contributed by atoms with Gasteiger partial charge in [-0.15, -0.1) is 0 Å². The number of nitrogens with one attached hydrogen (secondary N) is 1. The van der Waals surface area contributed by atoms with Crippen molar-refractivity contribution < 1.29 is 19.4 Å². The van der Waals surface area contributed by atoms with Crippen LogP contribution in [-0.4, -0.2) is 36.7 Å². The normalized spacial score (nSPS) is 19.4. The van der Waals surface area contributed by atoms with Crippen LogP contribution in [0, 0.1) is 5.41 Å². The molecule has 1 heterocycles. The van der Waals surface area contributed by atoms with Gasteiger partial charge in [-0.05, 0) is 0 Å². The maximum Gasteiger partial charge on any atom is 0.316 e. The molecule has 0 atom stereocenters. The van der Waals surface area contributed by atoms with Gasteiger partial charge in [0.25, 0.3) is 0 Å². The Bertz CT molecular complexity index is 209. The van der Waals surface area contributed by atoms with Gasteiger partial charge in [-0.3, -0.25) is 9.59 Å². The molecule has 0 aromatic rings. The number of hydrogen-bond acceptors (Lipinski definition) is 3. The first-order valence-electron chi connectivity index (χ1n) is 3.62. The van der Waals surface area contributed by atoms with E-state index in [4.69, 9.17) is 9.84 Å². The zero-order chi connectivity index (χ0) is 9.19. The fourth-order valence-electron chi connectivity index (χ4n) is 0.943. The van der Waals surface area contributed by atoms with Crippen LogP contribution >= 0.6 is 0 Å². The fraction of sp³-hybridized carbons (Fsp3) is 0.714. The zero-order valence-electron chi connectivity index (χ0n) is 6.79. The van der Waals surface area contributed by atoms with E-state index < -0.39 is 11.4 Å². The van der Waals surface area contributed by atoms with Crippen molar-refractivity contribution in [3.05, 3.63) is 0 Å². The van der Waals surface area contributed by atoms with Gasteiger partial charge in [-0.25, -0.2) is 0 Å². The van der Waals surface area contributed by atoms with Crippen LogP contribution < -0.4 is 5.32 Å². The van der Waals surface area contributed by atoms with Crippen LogP contribution in [0.3, 0.4) is 0 Å². The Morgan fingerprint density at radius 3 is 2.42 bits per heavy atom. The minimum atomic E-state index is -0.914. The highest BCUT2D eigenvalue weighted by Crippen LogP contribution is 2.26. The fourth-order valence-corrected chi connectivity index (χ4v) is 0.943. The van der Waals surface area contributed by atoms with Gasteiger partial charge in [-0.2, -0.15) is 0 Å². The summed E-state index contributed by atoms with van der Waals surface area (Å²) in [4.78, 5) is 21.2. The number of hydrogen-bond donors (Lipinski definition) is 2. The van der Waals surface area contributed by atoms with Crippen molar-refractivity contribution in [3.8, 4) is 0 Å². The third-order valence-corrected chi connectivity index (χ3v) is 1.89. The van der Waals surface area contributed by atoms with E-state index in [1.165, 1.54) is 6.92 Å². The Hall–Kier alpha value is -1.10. The molecule has 0 saturated carbocycles. The summed E-state index contributed by atoms with van der Waals surface area (Å²) in [6.07, 6.45) is 0. The van der Waals surface area contributed by atoms with Crippen molar-refractivity contribution in [1.82, 2.24) is 5.32 Å². The molecule has 5 nitrogen and oxygen atoms in total. The van der Waals surface area contributed by atoms with E-state index in [-0.39, 0.29) is 25.7 Å². The first-order chi connectivity index (χ1) is 5.57. The monoisotopic (exact) mass is 173 g/mol. The summed E-state index contributed by atoms with van der Waals surface area (Å²) in [6, 6.07) is 0. The Morgan fingerprint density at radius 1 is 1.58 bits per heavy atom. The van der Waals surface area contributed by atoms with Crippen molar-refractivity contribution >= 4 is 11.9 Å². The number of aliphatic carboxylic acids is 1. The second kappa shape index (κ2) is 3.10. The van der Waals surface area contributed by atoms with Gasteiger partial charge < -0.3 is 15.2 Å². The summed E-state index contributed by atoms with van der Waals surface area (Å²) in [6.45, 7) is 1.87. The first-order valence-corrected chi connectivity index (χ1v) is 3.62. The smallest absolute Gasteiger partial charge is 0.316 e. The largest absolute Gasteiger partial charge is 0.481 e. The highest BCUT2D eigenvalue weighted by molar-refractivity contribution is 5.78. The summed E-state index contributed by atoms with van der Waals surface area (Å²) < 4.78 is 4.80. The summed E-state index contributed by atoms with van der Waals surface area (Å²) in [7, 11) is 0. The molecule has 2 N–H and O–H groups in total. The molecule has 0 aromatic heterocycles. The summed E-state index contributed by atoms with van der Waals surface area (Å²) in [5.74, 6) is -1.13. The van der Waals surface area contributed by atoms with Crippen LogP contribution in [0.2, 0.25) is 0 Å². The van der Waals surface area contributed by atoms with Gasteiger partial charge in [0.15, 0.2) is 0 Å². The molecule has 0 aromatic carbocycles. The molecule has 0 bridgehead atoms. The molecule has 0 aliphatic carbocycles. The van der Waals surface area contributed by atoms with Gasteiger partial charge in [-0.1, -0.05) is 0 Å². The molecule has 1 aliphatic rings. The topological polar surface area (TPSA) is 75.6 Å². The number of carbonyl (C=O) groups excluding carboxylic acids is 1. The number of rotatable bonds is 3. The second-order valence-corrected chi connectivity index (χ2v) is 2.99. The molecule has 1 saturated heterocycles. The lowest BCUT2D eigenvalue weighted by molar-refractivity contribution is -0.178. The van der Waals surface area contributed by atoms with Gasteiger partial charge in [0.1, 0.15) is 5.41 Å². The number of carboxylic acid groups (broad SMARTS) is 1. The van der Waals surface area contributed by atoms with Gasteiger partial charge in [0.05, 0.1) is 13.2 Å². The average molecular weight is 173 g/mol. The SMILES string of the molecule is CC(=O)NCC1(C(=O)O)COC1. The number of carbonyl (C=O) groups is 2. The van der Waals surface area contributed by atoms with Crippen LogP contribution in [-0.2, 0) is 14.3 Å². The highest BCUT2D eigenvalue weighted by Gasteiger charge is 2.46. The maximum atomic E-state index is 10.7. The average Bonchev–Trinajstić information content (AvgIpc) is 1.83. The molecule has 12 heavy (non-hydrogen) atoms. The van der Waals surface area contributed by atoms with Crippen LogP contribution in [0.25, 0.3) is 0 Å². The maximum absolute atomic E-state index is 10.7. The molecule has 0 radical (unpaired) electrons. The molecular formula is C7H11NO4. The van der Waals surface area contributed by atoms with E-state index in [1.807, 2.05) is 0 Å². The minimum Gasteiger partial charge on any atom is -0.481 e. The lowest BCUT2D eigenvalue weighted by atomic mass is 9.86. The van der Waals surface area contributed by atoms with Gasteiger partial charge in [0.2, 0.25) is 5.91 Å². The molecular weight excluding hydrogens is 162 g/mol. The lowest BCUT2D eigenvalue weighted by Gasteiger charge is -2.37. The van der Waals surface area contributed by atoms with Crippen molar-refractivity contribution in [1.29, 1.82) is 0 Å².